The maximum atomic E-state index is 5.91. The van der Waals surface area contributed by atoms with E-state index in [9.17, 15) is 0 Å². The molecule has 0 unspecified atom stereocenters. The molecule has 0 atom stereocenters. The molecule has 21 heavy (non-hydrogen) atoms. The summed E-state index contributed by atoms with van der Waals surface area (Å²) in [4.78, 5) is 4.46. The molecule has 3 heteroatoms. The molecule has 1 N–H and O–H groups in total. The Kier molecular flexibility index (Phi) is 3.93. The quantitative estimate of drug-likeness (QED) is 0.898. The van der Waals surface area contributed by atoms with Crippen LogP contribution < -0.4 is 10.1 Å². The fraction of sp³-hybridized carbons (Fsp3) is 0.389. The molecule has 1 aliphatic rings. The number of pyridine rings is 1. The molecule has 1 aromatic carbocycles. The van der Waals surface area contributed by atoms with Crippen molar-refractivity contribution < 1.29 is 4.74 Å². The first-order chi connectivity index (χ1) is 10.1. The van der Waals surface area contributed by atoms with Gasteiger partial charge in [-0.3, -0.25) is 0 Å². The van der Waals surface area contributed by atoms with Gasteiger partial charge in [-0.05, 0) is 68.5 Å². The maximum absolute atomic E-state index is 5.91. The lowest BCUT2D eigenvalue weighted by Crippen LogP contribution is -2.15. The Labute approximate surface area is 126 Å². The van der Waals surface area contributed by atoms with E-state index in [0.717, 1.165) is 23.9 Å². The molecule has 110 valence electrons. The van der Waals surface area contributed by atoms with Crippen LogP contribution in [-0.2, 0) is 6.54 Å². The number of nitrogens with zero attached hydrogens (tertiary/aromatic N) is 1. The molecule has 0 spiro atoms. The third kappa shape index (κ3) is 3.61. The third-order valence-electron chi connectivity index (χ3n) is 3.95. The summed E-state index contributed by atoms with van der Waals surface area (Å²) in [7, 11) is 0. The molecule has 0 saturated heterocycles. The first-order valence-electron chi connectivity index (χ1n) is 7.56. The minimum absolute atomic E-state index is 0.688. The molecule has 1 saturated carbocycles. The molecule has 0 radical (unpaired) electrons. The summed E-state index contributed by atoms with van der Waals surface area (Å²) >= 11 is 0. The first kappa shape index (κ1) is 14.1. The summed E-state index contributed by atoms with van der Waals surface area (Å²) in [6.07, 6.45) is 4.51. The Morgan fingerprint density at radius 1 is 1.10 bits per heavy atom. The summed E-state index contributed by atoms with van der Waals surface area (Å²) in [5, 5.41) is 3.50. The number of rotatable bonds is 5. The van der Waals surface area contributed by atoms with Gasteiger partial charge in [0.05, 0.1) is 0 Å². The van der Waals surface area contributed by atoms with E-state index in [-0.39, 0.29) is 0 Å². The zero-order valence-electron chi connectivity index (χ0n) is 12.9. The smallest absolute Gasteiger partial charge is 0.222 e. The van der Waals surface area contributed by atoms with Gasteiger partial charge in [0.25, 0.3) is 0 Å². The van der Waals surface area contributed by atoms with Crippen molar-refractivity contribution in [1.29, 1.82) is 0 Å². The normalized spacial score (nSPS) is 14.2. The van der Waals surface area contributed by atoms with Crippen LogP contribution in [0.5, 0.6) is 11.6 Å². The van der Waals surface area contributed by atoms with Crippen LogP contribution in [-0.4, -0.2) is 11.0 Å². The van der Waals surface area contributed by atoms with Crippen LogP contribution in [0, 0.1) is 20.8 Å². The van der Waals surface area contributed by atoms with Gasteiger partial charge in [-0.15, -0.1) is 0 Å². The van der Waals surface area contributed by atoms with Crippen molar-refractivity contribution in [2.24, 2.45) is 0 Å². The van der Waals surface area contributed by atoms with E-state index < -0.39 is 0 Å². The van der Waals surface area contributed by atoms with E-state index in [0.29, 0.717) is 5.88 Å². The van der Waals surface area contributed by atoms with Crippen molar-refractivity contribution in [3.8, 4) is 11.6 Å². The summed E-state index contributed by atoms with van der Waals surface area (Å²) in [6.45, 7) is 7.13. The standard InChI is InChI=1S/C18H22N2O/c1-12-4-7-17(9-13(12)2)21-18-14(3)8-15(11-20-18)10-19-16-5-6-16/h4,7-9,11,16,19H,5-6,10H2,1-3H3. The van der Waals surface area contributed by atoms with Crippen LogP contribution in [0.3, 0.4) is 0 Å². The highest BCUT2D eigenvalue weighted by Crippen LogP contribution is 2.25. The second-order valence-corrected chi connectivity index (χ2v) is 5.97. The van der Waals surface area contributed by atoms with Crippen LogP contribution in [0.4, 0.5) is 0 Å². The molecule has 0 aliphatic heterocycles. The van der Waals surface area contributed by atoms with Crippen LogP contribution in [0.2, 0.25) is 0 Å². The Morgan fingerprint density at radius 2 is 1.90 bits per heavy atom. The predicted octanol–water partition coefficient (Wildman–Crippen LogP) is 4.05. The van der Waals surface area contributed by atoms with Crippen molar-refractivity contribution in [2.75, 3.05) is 0 Å². The van der Waals surface area contributed by atoms with Gasteiger partial charge in [-0.2, -0.15) is 0 Å². The largest absolute Gasteiger partial charge is 0.439 e. The predicted molar refractivity (Wildman–Crippen MR) is 84.8 cm³/mol. The molecule has 1 aliphatic carbocycles. The van der Waals surface area contributed by atoms with E-state index in [1.165, 1.54) is 29.5 Å². The minimum Gasteiger partial charge on any atom is -0.439 e. The van der Waals surface area contributed by atoms with E-state index in [4.69, 9.17) is 4.74 Å². The van der Waals surface area contributed by atoms with Gasteiger partial charge in [0, 0.05) is 24.3 Å². The molecular formula is C18H22N2O. The van der Waals surface area contributed by atoms with Crippen molar-refractivity contribution in [2.45, 2.75) is 46.2 Å². The van der Waals surface area contributed by atoms with E-state index in [1.807, 2.05) is 19.2 Å². The van der Waals surface area contributed by atoms with Gasteiger partial charge in [0.15, 0.2) is 0 Å². The second kappa shape index (κ2) is 5.86. The number of aryl methyl sites for hydroxylation is 3. The second-order valence-electron chi connectivity index (χ2n) is 5.97. The molecule has 0 bridgehead atoms. The molecule has 3 rings (SSSR count). The van der Waals surface area contributed by atoms with Gasteiger partial charge in [-0.1, -0.05) is 6.07 Å². The monoisotopic (exact) mass is 282 g/mol. The number of benzene rings is 1. The van der Waals surface area contributed by atoms with Crippen molar-refractivity contribution in [3.05, 3.63) is 52.7 Å². The number of hydrogen-bond donors (Lipinski definition) is 1. The Morgan fingerprint density at radius 3 is 2.57 bits per heavy atom. The van der Waals surface area contributed by atoms with Gasteiger partial charge >= 0.3 is 0 Å². The number of nitrogens with one attached hydrogen (secondary N) is 1. The summed E-state index contributed by atoms with van der Waals surface area (Å²) in [6, 6.07) is 8.99. The lowest BCUT2D eigenvalue weighted by molar-refractivity contribution is 0.457. The summed E-state index contributed by atoms with van der Waals surface area (Å²) < 4.78 is 5.91. The van der Waals surface area contributed by atoms with Crippen molar-refractivity contribution in [1.82, 2.24) is 10.3 Å². The molecule has 1 heterocycles. The third-order valence-corrected chi connectivity index (χ3v) is 3.95. The fourth-order valence-electron chi connectivity index (χ4n) is 2.26. The molecule has 2 aromatic rings. The topological polar surface area (TPSA) is 34.1 Å². The van der Waals surface area contributed by atoms with Gasteiger partial charge in [0.1, 0.15) is 5.75 Å². The van der Waals surface area contributed by atoms with Crippen molar-refractivity contribution >= 4 is 0 Å². The van der Waals surface area contributed by atoms with Crippen molar-refractivity contribution in [3.63, 3.8) is 0 Å². The lowest BCUT2D eigenvalue weighted by atomic mass is 10.1. The van der Waals surface area contributed by atoms with E-state index in [1.54, 1.807) is 0 Å². The van der Waals surface area contributed by atoms with Crippen LogP contribution >= 0.6 is 0 Å². The average Bonchev–Trinajstić information content (AvgIpc) is 3.27. The molecule has 0 amide bonds. The Hall–Kier alpha value is -1.87. The zero-order valence-corrected chi connectivity index (χ0v) is 12.9. The van der Waals surface area contributed by atoms with Gasteiger partial charge in [-0.25, -0.2) is 4.98 Å². The maximum Gasteiger partial charge on any atom is 0.222 e. The number of ether oxygens (including phenoxy) is 1. The molecular weight excluding hydrogens is 260 g/mol. The van der Waals surface area contributed by atoms with Crippen LogP contribution in [0.1, 0.15) is 35.1 Å². The molecule has 1 fully saturated rings. The van der Waals surface area contributed by atoms with E-state index in [2.05, 4.69) is 42.3 Å². The Balaban J connectivity index is 1.70. The van der Waals surface area contributed by atoms with E-state index >= 15 is 0 Å². The Bertz CT molecular complexity index is 648. The average molecular weight is 282 g/mol. The summed E-state index contributed by atoms with van der Waals surface area (Å²) in [5.41, 5.74) is 4.79. The molecule has 1 aromatic heterocycles. The van der Waals surface area contributed by atoms with Crippen LogP contribution in [0.25, 0.3) is 0 Å². The fourth-order valence-corrected chi connectivity index (χ4v) is 2.26. The van der Waals surface area contributed by atoms with Gasteiger partial charge < -0.3 is 10.1 Å². The summed E-state index contributed by atoms with van der Waals surface area (Å²) in [5.74, 6) is 1.53. The van der Waals surface area contributed by atoms with Crippen LogP contribution in [0.15, 0.2) is 30.5 Å². The van der Waals surface area contributed by atoms with Gasteiger partial charge in [0.2, 0.25) is 5.88 Å². The number of aromatic nitrogens is 1. The minimum atomic E-state index is 0.688. The highest BCUT2D eigenvalue weighted by Gasteiger charge is 2.20. The lowest BCUT2D eigenvalue weighted by Gasteiger charge is -2.11. The first-order valence-corrected chi connectivity index (χ1v) is 7.56. The highest BCUT2D eigenvalue weighted by atomic mass is 16.5. The zero-order chi connectivity index (χ0) is 14.8. The molecule has 3 nitrogen and oxygen atoms in total. The highest BCUT2D eigenvalue weighted by molar-refractivity contribution is 5.38. The number of hydrogen-bond acceptors (Lipinski definition) is 3. The SMILES string of the molecule is Cc1ccc(Oc2ncc(CNC3CC3)cc2C)cc1C.